The van der Waals surface area contributed by atoms with Crippen molar-refractivity contribution in [2.75, 3.05) is 18.0 Å². The molecule has 0 radical (unpaired) electrons. The molecule has 0 bridgehead atoms. The van der Waals surface area contributed by atoms with Gasteiger partial charge >= 0.3 is 0 Å². The van der Waals surface area contributed by atoms with Gasteiger partial charge in [0, 0.05) is 25.5 Å². The van der Waals surface area contributed by atoms with E-state index in [9.17, 15) is 9.50 Å². The van der Waals surface area contributed by atoms with Crippen LogP contribution >= 0.6 is 0 Å². The minimum absolute atomic E-state index is 0.307. The average Bonchev–Trinajstić information content (AvgIpc) is 2.47. The Morgan fingerprint density at radius 3 is 2.43 bits per heavy atom. The van der Waals surface area contributed by atoms with Gasteiger partial charge in [-0.05, 0) is 23.6 Å². The molecule has 0 fully saturated rings. The smallest absolute Gasteiger partial charge is 0.147 e. The van der Waals surface area contributed by atoms with Crippen LogP contribution in [0.3, 0.4) is 0 Å². The Hall–Kier alpha value is -2.01. The highest BCUT2D eigenvalue weighted by atomic mass is 19.1. The number of halogens is 1. The molecule has 0 aliphatic carbocycles. The van der Waals surface area contributed by atoms with E-state index >= 15 is 0 Å². The first kappa shape index (κ1) is 15.4. The molecule has 0 saturated carbocycles. The van der Waals surface area contributed by atoms with E-state index in [-0.39, 0.29) is 5.82 Å². The van der Waals surface area contributed by atoms with Crippen molar-refractivity contribution in [1.82, 2.24) is 9.97 Å². The van der Waals surface area contributed by atoms with Crippen LogP contribution in [0.1, 0.15) is 25.5 Å². The topological polar surface area (TPSA) is 49.2 Å². The molecule has 2 rings (SSSR count). The molecule has 5 heteroatoms. The molecule has 4 nitrogen and oxygen atoms in total. The maximum atomic E-state index is 12.9. The van der Waals surface area contributed by atoms with Crippen LogP contribution in [0.4, 0.5) is 10.2 Å². The molecule has 21 heavy (non-hydrogen) atoms. The average molecular weight is 289 g/mol. The van der Waals surface area contributed by atoms with E-state index in [1.54, 1.807) is 30.7 Å². The Bertz CT molecular complexity index is 545. The van der Waals surface area contributed by atoms with E-state index in [4.69, 9.17) is 0 Å². The third-order valence-electron chi connectivity index (χ3n) is 3.11. The molecule has 1 aromatic heterocycles. The minimum Gasteiger partial charge on any atom is -0.387 e. The first-order chi connectivity index (χ1) is 10.1. The van der Waals surface area contributed by atoms with Gasteiger partial charge in [-0.25, -0.2) is 9.37 Å². The summed E-state index contributed by atoms with van der Waals surface area (Å²) < 4.78 is 12.9. The van der Waals surface area contributed by atoms with Gasteiger partial charge in [0.2, 0.25) is 0 Å². The number of aromatic nitrogens is 2. The van der Waals surface area contributed by atoms with Crippen LogP contribution in [-0.4, -0.2) is 28.2 Å². The van der Waals surface area contributed by atoms with Crippen molar-refractivity contribution >= 4 is 5.82 Å². The van der Waals surface area contributed by atoms with Gasteiger partial charge in [-0.2, -0.15) is 0 Å². The van der Waals surface area contributed by atoms with Crippen LogP contribution in [-0.2, 0) is 0 Å². The third-order valence-corrected chi connectivity index (χ3v) is 3.11. The monoisotopic (exact) mass is 289 g/mol. The van der Waals surface area contributed by atoms with Crippen LogP contribution < -0.4 is 4.90 Å². The molecule has 0 unspecified atom stereocenters. The van der Waals surface area contributed by atoms with Crippen LogP contribution in [0.5, 0.6) is 0 Å². The highest BCUT2D eigenvalue weighted by Crippen LogP contribution is 2.19. The lowest BCUT2D eigenvalue weighted by Crippen LogP contribution is -2.32. The molecule has 0 aliphatic heterocycles. The summed E-state index contributed by atoms with van der Waals surface area (Å²) in [6.07, 6.45) is 4.23. The van der Waals surface area contributed by atoms with Crippen molar-refractivity contribution in [3.8, 4) is 0 Å². The largest absolute Gasteiger partial charge is 0.387 e. The van der Waals surface area contributed by atoms with Gasteiger partial charge in [0.1, 0.15) is 11.6 Å². The zero-order chi connectivity index (χ0) is 15.2. The number of hydrogen-bond acceptors (Lipinski definition) is 4. The zero-order valence-corrected chi connectivity index (χ0v) is 12.3. The molecular formula is C16H20FN3O. The summed E-state index contributed by atoms with van der Waals surface area (Å²) >= 11 is 0. The molecule has 112 valence electrons. The van der Waals surface area contributed by atoms with E-state index in [1.807, 2.05) is 4.90 Å². The second-order valence-corrected chi connectivity index (χ2v) is 5.43. The lowest BCUT2D eigenvalue weighted by molar-refractivity contribution is 0.182. The Morgan fingerprint density at radius 1 is 1.14 bits per heavy atom. The lowest BCUT2D eigenvalue weighted by Gasteiger charge is -2.27. The van der Waals surface area contributed by atoms with Crippen molar-refractivity contribution in [3.63, 3.8) is 0 Å². The SMILES string of the molecule is CC(C)CN(C[C@@H](O)c1ccc(F)cc1)c1cnccn1. The first-order valence-corrected chi connectivity index (χ1v) is 7.00. The van der Waals surface area contributed by atoms with Crippen molar-refractivity contribution < 1.29 is 9.50 Å². The van der Waals surface area contributed by atoms with Gasteiger partial charge in [0.25, 0.3) is 0 Å². The van der Waals surface area contributed by atoms with Crippen molar-refractivity contribution in [1.29, 1.82) is 0 Å². The Kier molecular flexibility index (Phi) is 5.22. The Balaban J connectivity index is 2.13. The number of aliphatic hydroxyl groups is 1. The summed E-state index contributed by atoms with van der Waals surface area (Å²) in [7, 11) is 0. The summed E-state index contributed by atoms with van der Waals surface area (Å²) in [6.45, 7) is 5.36. The number of rotatable bonds is 6. The van der Waals surface area contributed by atoms with Crippen LogP contribution in [0.2, 0.25) is 0 Å². The summed E-state index contributed by atoms with van der Waals surface area (Å²) in [6, 6.07) is 5.91. The molecule has 0 amide bonds. The highest BCUT2D eigenvalue weighted by Gasteiger charge is 2.16. The van der Waals surface area contributed by atoms with Crippen LogP contribution in [0, 0.1) is 11.7 Å². The molecule has 0 spiro atoms. The predicted octanol–water partition coefficient (Wildman–Crippen LogP) is 2.81. The number of benzene rings is 1. The Morgan fingerprint density at radius 2 is 1.86 bits per heavy atom. The molecular weight excluding hydrogens is 269 g/mol. The highest BCUT2D eigenvalue weighted by molar-refractivity contribution is 5.36. The van der Waals surface area contributed by atoms with Gasteiger partial charge < -0.3 is 10.0 Å². The normalized spacial score (nSPS) is 12.4. The number of nitrogens with zero attached hydrogens (tertiary/aromatic N) is 3. The zero-order valence-electron chi connectivity index (χ0n) is 12.3. The second kappa shape index (κ2) is 7.13. The summed E-state index contributed by atoms with van der Waals surface area (Å²) in [5, 5.41) is 10.3. The number of hydrogen-bond donors (Lipinski definition) is 1. The molecule has 1 N–H and O–H groups in total. The number of anilines is 1. The quantitative estimate of drug-likeness (QED) is 0.888. The van der Waals surface area contributed by atoms with Crippen LogP contribution in [0.25, 0.3) is 0 Å². The molecule has 2 aromatic rings. The van der Waals surface area contributed by atoms with Crippen LogP contribution in [0.15, 0.2) is 42.9 Å². The molecule has 1 heterocycles. The van der Waals surface area contributed by atoms with E-state index in [0.717, 1.165) is 12.4 Å². The third kappa shape index (κ3) is 4.49. The molecule has 1 aromatic carbocycles. The standard InChI is InChI=1S/C16H20FN3O/c1-12(2)10-20(16-9-18-7-8-19-16)11-15(21)13-3-5-14(17)6-4-13/h3-9,12,15,21H,10-11H2,1-2H3/t15-/m1/s1. The lowest BCUT2D eigenvalue weighted by atomic mass is 10.1. The fraction of sp³-hybridized carbons (Fsp3) is 0.375. The second-order valence-electron chi connectivity index (χ2n) is 5.43. The fourth-order valence-electron chi connectivity index (χ4n) is 2.16. The molecule has 0 aliphatic rings. The van der Waals surface area contributed by atoms with Gasteiger partial charge in [-0.3, -0.25) is 4.98 Å². The van der Waals surface area contributed by atoms with Gasteiger partial charge in [0.05, 0.1) is 12.3 Å². The summed E-state index contributed by atoms with van der Waals surface area (Å²) in [5.74, 6) is 0.846. The van der Waals surface area contributed by atoms with E-state index in [1.165, 1.54) is 12.1 Å². The van der Waals surface area contributed by atoms with Gasteiger partial charge in [-0.1, -0.05) is 26.0 Å². The predicted molar refractivity (Wildman–Crippen MR) is 80.4 cm³/mol. The van der Waals surface area contributed by atoms with Crippen molar-refractivity contribution in [3.05, 3.63) is 54.2 Å². The first-order valence-electron chi connectivity index (χ1n) is 7.00. The van der Waals surface area contributed by atoms with E-state index in [2.05, 4.69) is 23.8 Å². The van der Waals surface area contributed by atoms with E-state index < -0.39 is 6.10 Å². The van der Waals surface area contributed by atoms with Crippen molar-refractivity contribution in [2.24, 2.45) is 5.92 Å². The minimum atomic E-state index is -0.702. The summed E-state index contributed by atoms with van der Waals surface area (Å²) in [5.41, 5.74) is 0.689. The van der Waals surface area contributed by atoms with Gasteiger partial charge in [-0.15, -0.1) is 0 Å². The molecule has 0 saturated heterocycles. The van der Waals surface area contributed by atoms with Crippen molar-refractivity contribution in [2.45, 2.75) is 20.0 Å². The van der Waals surface area contributed by atoms with Gasteiger partial charge in [0.15, 0.2) is 0 Å². The Labute approximate surface area is 124 Å². The summed E-state index contributed by atoms with van der Waals surface area (Å²) in [4.78, 5) is 10.3. The fourth-order valence-corrected chi connectivity index (χ4v) is 2.16. The van der Waals surface area contributed by atoms with E-state index in [0.29, 0.717) is 18.0 Å². The molecule has 1 atom stereocenters. The maximum absolute atomic E-state index is 12.9. The number of aliphatic hydroxyl groups excluding tert-OH is 1. The maximum Gasteiger partial charge on any atom is 0.147 e.